The summed E-state index contributed by atoms with van der Waals surface area (Å²) >= 11 is 0. The van der Waals surface area contributed by atoms with Crippen LogP contribution in [0.3, 0.4) is 0 Å². The lowest BCUT2D eigenvalue weighted by Gasteiger charge is -2.13. The van der Waals surface area contributed by atoms with Crippen LogP contribution >= 0.6 is 0 Å². The van der Waals surface area contributed by atoms with E-state index in [0.29, 0.717) is 27.9 Å². The van der Waals surface area contributed by atoms with Crippen molar-refractivity contribution in [1.29, 1.82) is 5.26 Å². The number of carbonyl (C=O) groups is 2. The quantitative estimate of drug-likeness (QED) is 0.242. The first-order valence-corrected chi connectivity index (χ1v) is 10.8. The number of ketones is 1. The number of fused-ring (bicyclic) bond motifs is 1. The minimum Gasteiger partial charge on any atom is -0.345 e. The molecule has 0 bridgehead atoms. The summed E-state index contributed by atoms with van der Waals surface area (Å²) in [6.07, 6.45) is 3.26. The molecule has 1 amide bonds. The molecule has 168 valence electrons. The van der Waals surface area contributed by atoms with Gasteiger partial charge in [0.2, 0.25) is 5.78 Å². The van der Waals surface area contributed by atoms with Crippen LogP contribution in [0, 0.1) is 24.1 Å². The van der Waals surface area contributed by atoms with E-state index in [1.807, 2.05) is 55.5 Å². The van der Waals surface area contributed by atoms with E-state index in [2.05, 4.69) is 5.32 Å². The summed E-state index contributed by atoms with van der Waals surface area (Å²) in [5.41, 5.74) is 3.50. The van der Waals surface area contributed by atoms with Crippen molar-refractivity contribution >= 4 is 23.3 Å². The van der Waals surface area contributed by atoms with Gasteiger partial charge in [-0.1, -0.05) is 36.4 Å². The Morgan fingerprint density at radius 3 is 2.38 bits per heavy atom. The maximum absolute atomic E-state index is 13.4. The van der Waals surface area contributed by atoms with Crippen LogP contribution in [-0.4, -0.2) is 16.1 Å². The van der Waals surface area contributed by atoms with Gasteiger partial charge in [-0.05, 0) is 67.4 Å². The molecule has 0 saturated heterocycles. The molecule has 34 heavy (non-hydrogen) atoms. The van der Waals surface area contributed by atoms with E-state index in [1.54, 1.807) is 23.6 Å². The van der Waals surface area contributed by atoms with Crippen molar-refractivity contribution in [2.24, 2.45) is 0 Å². The second kappa shape index (κ2) is 9.55. The lowest BCUT2D eigenvalue weighted by molar-refractivity contribution is -0.117. The summed E-state index contributed by atoms with van der Waals surface area (Å²) in [6, 6.07) is 22.0. The Hall–Kier alpha value is -4.50. The van der Waals surface area contributed by atoms with E-state index >= 15 is 0 Å². The third-order valence-electron chi connectivity index (χ3n) is 5.76. The van der Waals surface area contributed by atoms with Gasteiger partial charge >= 0.3 is 0 Å². The number of nitriles is 1. The standard InChI is InChI=1S/C28H22FN3O2/c1-18-24(16-22(17-30)28(34)31-19(2)20-8-4-3-5-9-20)25-10-6-7-15-32(25)26(18)27(33)21-11-13-23(29)14-12-21/h3-16,19H,1-2H3,(H,31,34)/b22-16+/t19-/m0/s1. The number of hydrogen-bond donors (Lipinski definition) is 1. The van der Waals surface area contributed by atoms with Crippen molar-refractivity contribution in [2.45, 2.75) is 19.9 Å². The van der Waals surface area contributed by atoms with E-state index in [4.69, 9.17) is 0 Å². The molecule has 1 N–H and O–H groups in total. The number of halogens is 1. The van der Waals surface area contributed by atoms with E-state index < -0.39 is 11.7 Å². The fourth-order valence-electron chi connectivity index (χ4n) is 3.95. The highest BCUT2D eigenvalue weighted by Crippen LogP contribution is 2.28. The summed E-state index contributed by atoms with van der Waals surface area (Å²) in [7, 11) is 0. The molecule has 5 nitrogen and oxygen atoms in total. The molecule has 4 aromatic rings. The zero-order valence-corrected chi connectivity index (χ0v) is 18.7. The molecule has 0 fully saturated rings. The van der Waals surface area contributed by atoms with Gasteiger partial charge in [0.05, 0.1) is 17.3 Å². The Morgan fingerprint density at radius 1 is 1.03 bits per heavy atom. The van der Waals surface area contributed by atoms with Crippen LogP contribution in [0.4, 0.5) is 4.39 Å². The molecular formula is C28H22FN3O2. The number of benzene rings is 2. The number of carbonyl (C=O) groups excluding carboxylic acids is 2. The van der Waals surface area contributed by atoms with Crippen molar-refractivity contribution in [2.75, 3.05) is 0 Å². The van der Waals surface area contributed by atoms with Crippen LogP contribution in [0.5, 0.6) is 0 Å². The molecule has 4 rings (SSSR count). The topological polar surface area (TPSA) is 74.4 Å². The van der Waals surface area contributed by atoms with Gasteiger partial charge in [0.1, 0.15) is 17.5 Å². The van der Waals surface area contributed by atoms with Gasteiger partial charge in [-0.3, -0.25) is 9.59 Å². The lowest BCUT2D eigenvalue weighted by Crippen LogP contribution is -2.27. The first kappa shape index (κ1) is 22.7. The average molecular weight is 452 g/mol. The number of pyridine rings is 1. The summed E-state index contributed by atoms with van der Waals surface area (Å²) < 4.78 is 15.1. The Labute approximate surface area is 196 Å². The fraction of sp³-hybridized carbons (Fsp3) is 0.107. The number of nitrogens with one attached hydrogen (secondary N) is 1. The Balaban J connectivity index is 1.74. The molecule has 0 unspecified atom stereocenters. The lowest BCUT2D eigenvalue weighted by atomic mass is 10.0. The summed E-state index contributed by atoms with van der Waals surface area (Å²) in [6.45, 7) is 3.62. The average Bonchev–Trinajstić information content (AvgIpc) is 3.13. The highest BCUT2D eigenvalue weighted by molar-refractivity contribution is 6.11. The van der Waals surface area contributed by atoms with Crippen molar-refractivity contribution < 1.29 is 14.0 Å². The van der Waals surface area contributed by atoms with E-state index in [9.17, 15) is 19.2 Å². The van der Waals surface area contributed by atoms with Gasteiger partial charge < -0.3 is 9.72 Å². The van der Waals surface area contributed by atoms with Crippen molar-refractivity contribution in [3.05, 3.63) is 118 Å². The normalized spacial score (nSPS) is 12.2. The maximum atomic E-state index is 13.4. The van der Waals surface area contributed by atoms with Gasteiger partial charge in [-0.2, -0.15) is 5.26 Å². The van der Waals surface area contributed by atoms with Gasteiger partial charge in [0.25, 0.3) is 5.91 Å². The number of aromatic nitrogens is 1. The van der Waals surface area contributed by atoms with Crippen LogP contribution in [0.15, 0.2) is 84.6 Å². The highest BCUT2D eigenvalue weighted by atomic mass is 19.1. The maximum Gasteiger partial charge on any atom is 0.262 e. The molecule has 1 atom stereocenters. The summed E-state index contributed by atoms with van der Waals surface area (Å²) in [5.74, 6) is -1.20. The largest absolute Gasteiger partial charge is 0.345 e. The molecule has 6 heteroatoms. The number of amides is 1. The van der Waals surface area contributed by atoms with E-state index in [-0.39, 0.29) is 17.4 Å². The Morgan fingerprint density at radius 2 is 1.71 bits per heavy atom. The van der Waals surface area contributed by atoms with Gasteiger partial charge in [0, 0.05) is 17.3 Å². The molecule has 2 heterocycles. The zero-order chi connectivity index (χ0) is 24.2. The number of nitrogens with zero attached hydrogens (tertiary/aromatic N) is 2. The SMILES string of the molecule is Cc1c(/C=C(\C#N)C(=O)N[C@@H](C)c2ccccc2)c2ccccn2c1C(=O)c1ccc(F)cc1. The number of hydrogen-bond acceptors (Lipinski definition) is 3. The van der Waals surface area contributed by atoms with Crippen molar-refractivity contribution in [1.82, 2.24) is 9.72 Å². The second-order valence-corrected chi connectivity index (χ2v) is 7.95. The summed E-state index contributed by atoms with van der Waals surface area (Å²) in [5, 5.41) is 12.6. The van der Waals surface area contributed by atoms with Gasteiger partial charge in [0.15, 0.2) is 0 Å². The molecule has 2 aromatic heterocycles. The Kier molecular flexibility index (Phi) is 6.37. The fourth-order valence-corrected chi connectivity index (χ4v) is 3.95. The van der Waals surface area contributed by atoms with E-state index in [1.165, 1.54) is 30.3 Å². The predicted molar refractivity (Wildman–Crippen MR) is 129 cm³/mol. The first-order chi connectivity index (χ1) is 16.4. The first-order valence-electron chi connectivity index (χ1n) is 10.8. The third-order valence-corrected chi connectivity index (χ3v) is 5.76. The molecule has 0 saturated carbocycles. The van der Waals surface area contributed by atoms with Gasteiger partial charge in [-0.25, -0.2) is 4.39 Å². The Bertz CT molecular complexity index is 1450. The van der Waals surface area contributed by atoms with Crippen LogP contribution in [-0.2, 0) is 4.79 Å². The van der Waals surface area contributed by atoms with Gasteiger partial charge in [-0.15, -0.1) is 0 Å². The molecule has 0 aliphatic carbocycles. The molecule has 0 aliphatic heterocycles. The molecule has 2 aromatic carbocycles. The third kappa shape index (κ3) is 4.37. The zero-order valence-electron chi connectivity index (χ0n) is 18.7. The minimum atomic E-state index is -0.500. The summed E-state index contributed by atoms with van der Waals surface area (Å²) in [4.78, 5) is 26.2. The molecule has 0 spiro atoms. The number of rotatable bonds is 6. The van der Waals surface area contributed by atoms with Crippen LogP contribution < -0.4 is 5.32 Å². The molecule has 0 radical (unpaired) electrons. The van der Waals surface area contributed by atoms with E-state index in [0.717, 1.165) is 5.56 Å². The predicted octanol–water partition coefficient (Wildman–Crippen LogP) is 5.40. The highest BCUT2D eigenvalue weighted by Gasteiger charge is 2.22. The minimum absolute atomic E-state index is 0.0667. The smallest absolute Gasteiger partial charge is 0.262 e. The van der Waals surface area contributed by atoms with Crippen LogP contribution in [0.25, 0.3) is 11.6 Å². The van der Waals surface area contributed by atoms with Crippen molar-refractivity contribution in [3.63, 3.8) is 0 Å². The monoisotopic (exact) mass is 451 g/mol. The second-order valence-electron chi connectivity index (χ2n) is 7.95. The molecule has 0 aliphatic rings. The molecular weight excluding hydrogens is 429 g/mol. The van der Waals surface area contributed by atoms with Crippen LogP contribution in [0.2, 0.25) is 0 Å². The van der Waals surface area contributed by atoms with Crippen LogP contribution in [0.1, 0.15) is 45.7 Å². The van der Waals surface area contributed by atoms with Crippen molar-refractivity contribution in [3.8, 4) is 6.07 Å².